The highest BCUT2D eigenvalue weighted by Crippen LogP contribution is 2.69. The summed E-state index contributed by atoms with van der Waals surface area (Å²) < 4.78 is 12.9. The minimum Gasteiger partial charge on any atom is -0.504 e. The van der Waals surface area contributed by atoms with E-state index < -0.39 is 17.1 Å². The third-order valence-corrected chi connectivity index (χ3v) is 8.93. The maximum Gasteiger partial charge on any atom is 0.169 e. The first-order chi connectivity index (χ1) is 15.1. The van der Waals surface area contributed by atoms with Crippen molar-refractivity contribution in [2.24, 2.45) is 5.92 Å². The number of hydrogen-bond acceptors (Lipinski definition) is 5. The van der Waals surface area contributed by atoms with Crippen LogP contribution in [0.15, 0.2) is 40.8 Å². The number of furan rings is 1. The van der Waals surface area contributed by atoms with E-state index in [9.17, 15) is 10.2 Å². The number of benzene rings is 2. The largest absolute Gasteiger partial charge is 0.504 e. The van der Waals surface area contributed by atoms with Crippen LogP contribution in [0.1, 0.15) is 47.8 Å². The predicted octanol–water partition coefficient (Wildman–Crippen LogP) is 3.84. The molecule has 2 N–H and O–H groups in total. The van der Waals surface area contributed by atoms with E-state index in [0.717, 1.165) is 59.7 Å². The second-order valence-electron chi connectivity index (χ2n) is 10.4. The molecular weight excluding hydrogens is 390 g/mol. The summed E-state index contributed by atoms with van der Waals surface area (Å²) in [6.07, 6.45) is 4.40. The van der Waals surface area contributed by atoms with Crippen molar-refractivity contribution >= 4 is 11.0 Å². The van der Waals surface area contributed by atoms with Gasteiger partial charge in [-0.1, -0.05) is 24.3 Å². The van der Waals surface area contributed by atoms with E-state index in [4.69, 9.17) is 9.15 Å². The van der Waals surface area contributed by atoms with Crippen molar-refractivity contribution in [2.75, 3.05) is 13.1 Å². The molecule has 1 unspecified atom stereocenters. The Morgan fingerprint density at radius 2 is 2.00 bits per heavy atom. The van der Waals surface area contributed by atoms with Crippen LogP contribution < -0.4 is 4.74 Å². The van der Waals surface area contributed by atoms with Gasteiger partial charge in [-0.25, -0.2) is 0 Å². The summed E-state index contributed by atoms with van der Waals surface area (Å²) in [7, 11) is 0. The van der Waals surface area contributed by atoms with Crippen molar-refractivity contribution < 1.29 is 19.4 Å². The summed E-state index contributed by atoms with van der Waals surface area (Å²) in [5.74, 6) is 2.34. The monoisotopic (exact) mass is 415 g/mol. The van der Waals surface area contributed by atoms with E-state index in [1.54, 1.807) is 6.07 Å². The van der Waals surface area contributed by atoms with Crippen LogP contribution in [0.4, 0.5) is 0 Å². The highest BCUT2D eigenvalue weighted by atomic mass is 16.5. The molecule has 8 rings (SSSR count). The summed E-state index contributed by atoms with van der Waals surface area (Å²) in [6.45, 7) is 2.03. The van der Waals surface area contributed by atoms with Gasteiger partial charge in [-0.15, -0.1) is 0 Å². The average Bonchev–Trinajstić information content (AvgIpc) is 3.40. The topological polar surface area (TPSA) is 66.1 Å². The Balaban J connectivity index is 1.43. The van der Waals surface area contributed by atoms with Crippen LogP contribution in [0.25, 0.3) is 11.0 Å². The van der Waals surface area contributed by atoms with Gasteiger partial charge in [0.05, 0.1) is 11.0 Å². The van der Waals surface area contributed by atoms with Gasteiger partial charge in [0.1, 0.15) is 11.3 Å². The van der Waals surface area contributed by atoms with Crippen LogP contribution in [0.5, 0.6) is 11.5 Å². The molecular formula is C26H25NO4. The SMILES string of the molecule is Oc1ccc2c3c1OC1c4oc5ccccc5c4C[C@@]4(O)[C@@H](C2)N(CC2CC2)CC[C@]314. The fourth-order valence-electron chi connectivity index (χ4n) is 7.42. The zero-order chi connectivity index (χ0) is 20.5. The minimum absolute atomic E-state index is 0.0535. The summed E-state index contributed by atoms with van der Waals surface area (Å²) in [5.41, 5.74) is 2.65. The van der Waals surface area contributed by atoms with Gasteiger partial charge in [-0.2, -0.15) is 0 Å². The van der Waals surface area contributed by atoms with E-state index >= 15 is 0 Å². The molecule has 2 bridgehead atoms. The van der Waals surface area contributed by atoms with Crippen molar-refractivity contribution in [3.63, 3.8) is 0 Å². The lowest BCUT2D eigenvalue weighted by Gasteiger charge is -2.62. The lowest BCUT2D eigenvalue weighted by Crippen LogP contribution is -2.74. The van der Waals surface area contributed by atoms with Crippen molar-refractivity contribution in [2.45, 2.75) is 55.3 Å². The molecule has 0 amide bonds. The summed E-state index contributed by atoms with van der Waals surface area (Å²) in [4.78, 5) is 2.56. The third kappa shape index (κ3) is 1.84. The van der Waals surface area contributed by atoms with Crippen LogP contribution in [-0.2, 0) is 18.3 Å². The molecule has 0 radical (unpaired) electrons. The van der Waals surface area contributed by atoms with Gasteiger partial charge < -0.3 is 19.4 Å². The molecule has 3 heterocycles. The van der Waals surface area contributed by atoms with Gasteiger partial charge in [0.15, 0.2) is 17.6 Å². The van der Waals surface area contributed by atoms with Crippen molar-refractivity contribution in [3.8, 4) is 11.5 Å². The number of likely N-dealkylation sites (tertiary alicyclic amines) is 1. The van der Waals surface area contributed by atoms with Gasteiger partial charge >= 0.3 is 0 Å². The number of fused-ring (bicyclic) bond motifs is 4. The zero-order valence-electron chi connectivity index (χ0n) is 17.3. The van der Waals surface area contributed by atoms with Crippen LogP contribution in [-0.4, -0.2) is 39.8 Å². The summed E-state index contributed by atoms with van der Waals surface area (Å²) in [6, 6.07) is 12.0. The highest BCUT2D eigenvalue weighted by Gasteiger charge is 2.73. The first-order valence-corrected chi connectivity index (χ1v) is 11.6. The second kappa shape index (κ2) is 5.28. The Hall–Kier alpha value is -2.50. The molecule has 5 aliphatic rings. The lowest BCUT2D eigenvalue weighted by atomic mass is 9.49. The second-order valence-corrected chi connectivity index (χ2v) is 10.4. The first kappa shape index (κ1) is 17.1. The summed E-state index contributed by atoms with van der Waals surface area (Å²) >= 11 is 0. The molecule has 1 saturated heterocycles. The van der Waals surface area contributed by atoms with Crippen LogP contribution in [0.2, 0.25) is 0 Å². The van der Waals surface area contributed by atoms with Gasteiger partial charge in [0, 0.05) is 35.5 Å². The molecule has 2 fully saturated rings. The standard InChI is InChI=1S/C26H25NO4/c28-18-8-7-15-11-20-26(29)12-17-16-3-1-2-4-19(16)30-22(17)24-25(26,21(15)23(18)31-24)9-10-27(20)13-14-5-6-14/h1-4,7-8,14,20,24,28-29H,5-6,9-13H2/t20-,24?,25+,26-/m1/s1. The van der Waals surface area contributed by atoms with Gasteiger partial charge in [0.25, 0.3) is 0 Å². The molecule has 4 atom stereocenters. The summed E-state index contributed by atoms with van der Waals surface area (Å²) in [5, 5.41) is 24.5. The van der Waals surface area contributed by atoms with Crippen LogP contribution >= 0.6 is 0 Å². The smallest absolute Gasteiger partial charge is 0.169 e. The molecule has 5 nitrogen and oxygen atoms in total. The number of rotatable bonds is 2. The van der Waals surface area contributed by atoms with E-state index in [0.29, 0.717) is 12.2 Å². The number of phenolic OH excluding ortho intramolecular Hbond substituents is 1. The molecule has 2 aliphatic heterocycles. The predicted molar refractivity (Wildman–Crippen MR) is 114 cm³/mol. The Kier molecular flexibility index (Phi) is 2.91. The number of phenols is 1. The molecule has 1 saturated carbocycles. The first-order valence-electron chi connectivity index (χ1n) is 11.6. The molecule has 31 heavy (non-hydrogen) atoms. The van der Waals surface area contributed by atoms with E-state index in [-0.39, 0.29) is 11.8 Å². The number of aliphatic hydroxyl groups is 1. The third-order valence-electron chi connectivity index (χ3n) is 8.93. The van der Waals surface area contributed by atoms with Crippen LogP contribution in [0, 0.1) is 5.92 Å². The van der Waals surface area contributed by atoms with E-state index in [2.05, 4.69) is 11.0 Å². The normalized spacial score (nSPS) is 35.0. The molecule has 158 valence electrons. The Labute approximate surface area is 180 Å². The quantitative estimate of drug-likeness (QED) is 0.666. The number of aromatic hydroxyl groups is 1. The zero-order valence-corrected chi connectivity index (χ0v) is 17.3. The highest BCUT2D eigenvalue weighted by molar-refractivity contribution is 5.84. The molecule has 3 aromatic rings. The molecule has 3 aliphatic carbocycles. The fourth-order valence-corrected chi connectivity index (χ4v) is 7.42. The van der Waals surface area contributed by atoms with Gasteiger partial charge in [0.2, 0.25) is 0 Å². The number of para-hydroxylation sites is 1. The van der Waals surface area contributed by atoms with Gasteiger partial charge in [-0.05, 0) is 55.8 Å². The maximum absolute atomic E-state index is 12.7. The Morgan fingerprint density at radius 1 is 1.13 bits per heavy atom. The maximum atomic E-state index is 12.7. The number of hydrogen-bond donors (Lipinski definition) is 2. The molecule has 1 aromatic heterocycles. The van der Waals surface area contributed by atoms with E-state index in [1.807, 2.05) is 24.3 Å². The van der Waals surface area contributed by atoms with Crippen LogP contribution in [0.3, 0.4) is 0 Å². The number of ether oxygens (including phenoxy) is 1. The van der Waals surface area contributed by atoms with Crippen molar-refractivity contribution in [3.05, 3.63) is 58.8 Å². The van der Waals surface area contributed by atoms with E-state index in [1.165, 1.54) is 18.4 Å². The Bertz CT molecular complexity index is 1280. The fraction of sp³-hybridized carbons (Fsp3) is 0.462. The molecule has 2 aromatic carbocycles. The van der Waals surface area contributed by atoms with Gasteiger partial charge in [-0.3, -0.25) is 4.90 Å². The molecule has 1 spiro atoms. The minimum atomic E-state index is -0.948. The Morgan fingerprint density at radius 3 is 2.87 bits per heavy atom. The number of nitrogens with zero attached hydrogens (tertiary/aromatic N) is 1. The average molecular weight is 415 g/mol. The molecule has 5 heteroatoms. The lowest BCUT2D eigenvalue weighted by molar-refractivity contribution is -0.175. The van der Waals surface area contributed by atoms with Crippen molar-refractivity contribution in [1.29, 1.82) is 0 Å². The van der Waals surface area contributed by atoms with Crippen molar-refractivity contribution in [1.82, 2.24) is 4.90 Å². The number of piperidine rings is 1.